The van der Waals surface area contributed by atoms with E-state index in [1.807, 2.05) is 0 Å². The molecule has 34 heteroatoms. The summed E-state index contributed by atoms with van der Waals surface area (Å²) in [6.07, 6.45) is -9.12. The van der Waals surface area contributed by atoms with Gasteiger partial charge in [-0.15, -0.1) is 0 Å². The van der Waals surface area contributed by atoms with Gasteiger partial charge in [-0.3, -0.25) is 28.4 Å². The minimum Gasteiger partial charge on any atom is -0.390 e. The molecule has 6 heterocycles. The third-order valence-corrected chi connectivity index (χ3v) is 13.4. The first kappa shape index (κ1) is 40.3. The number of rotatable bonds is 14. The third-order valence-electron chi connectivity index (χ3n) is 7.51. The lowest BCUT2D eigenvalue weighted by Gasteiger charge is -2.21. The summed E-state index contributed by atoms with van der Waals surface area (Å²) in [6, 6.07) is 0. The Kier molecular flexibility index (Phi) is 10.9. The molecule has 298 valence electrons. The van der Waals surface area contributed by atoms with Crippen molar-refractivity contribution in [3.8, 4) is 0 Å². The topological polar surface area (TPSA) is 454 Å². The second-order valence-electron chi connectivity index (χ2n) is 11.2. The predicted molar refractivity (Wildman–Crippen MR) is 170 cm³/mol. The van der Waals surface area contributed by atoms with E-state index in [-0.39, 0.29) is 40.5 Å². The number of imidazole rings is 2. The molecule has 2 aliphatic heterocycles. The van der Waals surface area contributed by atoms with Crippen molar-refractivity contribution in [2.75, 3.05) is 24.7 Å². The fourth-order valence-electron chi connectivity index (χ4n) is 5.28. The van der Waals surface area contributed by atoms with E-state index in [1.165, 1.54) is 0 Å². The molecule has 13 N–H and O–H groups in total. The molecule has 2 saturated heterocycles. The highest BCUT2D eigenvalue weighted by Gasteiger charge is 2.49. The highest BCUT2D eigenvalue weighted by Crippen LogP contribution is 2.71. The molecule has 54 heavy (non-hydrogen) atoms. The predicted octanol–water partition coefficient (Wildman–Crippen LogP) is -2.83. The summed E-state index contributed by atoms with van der Waals surface area (Å²) >= 11 is 0. The van der Waals surface area contributed by atoms with Crippen LogP contribution in [0.2, 0.25) is 0 Å². The van der Waals surface area contributed by atoms with E-state index in [0.29, 0.717) is 0 Å². The molecule has 30 nitrogen and oxygen atoms in total. The monoisotopic (exact) mass is 852 g/mol. The normalized spacial score (nSPS) is 29.2. The van der Waals surface area contributed by atoms with E-state index in [4.69, 9.17) is 20.9 Å². The van der Waals surface area contributed by atoms with E-state index < -0.39 is 98.7 Å². The quantitative estimate of drug-likeness (QED) is 0.0569. The summed E-state index contributed by atoms with van der Waals surface area (Å²) in [6.45, 7) is -2.21. The number of nitrogens with one attached hydrogen (secondary N) is 2. The van der Waals surface area contributed by atoms with Crippen molar-refractivity contribution in [3.63, 3.8) is 0 Å². The number of hydrogen-bond donors (Lipinski definition) is 11. The van der Waals surface area contributed by atoms with Gasteiger partial charge >= 0.3 is 37.0 Å². The standard InChI is InChI=1S/C20H28N10O20P4/c21-14-10-15(24-4-23-14)29(5-25-10)18-13(33)12(32)8(47-18)3-45-52(38,39)49-54(42,43)50-53(40,41)48-51(36,37)44-2-7-6(31)1-9(46-7)30-16-11(26-20(30)35)17(34)28-19(22)27-16/h4-9,12-13,18,31-33H,1-3H2,(H,26,35)(H,36,37)(H,38,39)(H,40,41)(H,42,43)(H2,21,23,24)(H3,22,27,28,34)/t6-,7?,8-,9?,12?,13?,18-/m1/s1. The van der Waals surface area contributed by atoms with Gasteiger partial charge in [0.2, 0.25) is 5.95 Å². The van der Waals surface area contributed by atoms with Gasteiger partial charge in [0.15, 0.2) is 28.9 Å². The van der Waals surface area contributed by atoms with Crippen molar-refractivity contribution in [1.29, 1.82) is 0 Å². The van der Waals surface area contributed by atoms with Crippen LogP contribution in [-0.2, 0) is 49.7 Å². The Bertz CT molecular complexity index is 2380. The van der Waals surface area contributed by atoms with E-state index in [0.717, 1.165) is 21.8 Å². The van der Waals surface area contributed by atoms with Gasteiger partial charge in [0.05, 0.1) is 25.6 Å². The molecule has 4 aromatic rings. The minimum atomic E-state index is -6.21. The van der Waals surface area contributed by atoms with Crippen molar-refractivity contribution in [2.24, 2.45) is 0 Å². The van der Waals surface area contributed by atoms with Gasteiger partial charge in [-0.1, -0.05) is 0 Å². The lowest BCUT2D eigenvalue weighted by atomic mass is 10.1. The number of fused-ring (bicyclic) bond motifs is 2. The maximum absolute atomic E-state index is 12.5. The van der Waals surface area contributed by atoms with E-state index >= 15 is 0 Å². The smallest absolute Gasteiger partial charge is 0.390 e. The highest BCUT2D eigenvalue weighted by molar-refractivity contribution is 7.69. The van der Waals surface area contributed by atoms with Crippen LogP contribution >= 0.6 is 31.3 Å². The molecule has 0 amide bonds. The number of anilines is 2. The molecular weight excluding hydrogens is 824 g/mol. The first-order valence-corrected chi connectivity index (χ1v) is 20.6. The maximum Gasteiger partial charge on any atom is 0.490 e. The SMILES string of the molecule is Nc1nc2c([nH]c(=O)n2C2C[C@@H](O)C(COP(=O)(O)OP(=O)(O)OP(=O)(O)OP(=O)(O)OC[C@H]3O[C@@H](n4cnc5c(N)ncnc54)C(O)C3O)O2)c(=O)[nH]1. The number of nitrogens with two attached hydrogens (primary N) is 2. The second kappa shape index (κ2) is 14.6. The van der Waals surface area contributed by atoms with Crippen LogP contribution < -0.4 is 22.7 Å². The first-order valence-electron chi connectivity index (χ1n) is 14.6. The highest BCUT2D eigenvalue weighted by atomic mass is 31.3. The Morgan fingerprint density at radius 1 is 0.815 bits per heavy atom. The molecule has 0 radical (unpaired) electrons. The zero-order valence-electron chi connectivity index (χ0n) is 26.4. The molecule has 0 bridgehead atoms. The number of nitrogens with zero attached hydrogens (tertiary/aromatic N) is 6. The number of aliphatic hydroxyl groups is 3. The second-order valence-corrected chi connectivity index (χ2v) is 17.4. The average Bonchev–Trinajstić information content (AvgIpc) is 3.78. The molecule has 0 aliphatic carbocycles. The fourth-order valence-corrected chi connectivity index (χ4v) is 10.2. The molecule has 8 unspecified atom stereocenters. The molecule has 0 spiro atoms. The summed E-state index contributed by atoms with van der Waals surface area (Å²) in [5, 5.41) is 31.3. The number of aliphatic hydroxyl groups excluding tert-OH is 3. The van der Waals surface area contributed by atoms with Crippen molar-refractivity contribution in [2.45, 2.75) is 49.4 Å². The van der Waals surface area contributed by atoms with Crippen molar-refractivity contribution >= 4 is 65.4 Å². The summed E-state index contributed by atoms with van der Waals surface area (Å²) < 4.78 is 83.0. The Hall–Kier alpha value is -3.34. The third kappa shape index (κ3) is 8.56. The summed E-state index contributed by atoms with van der Waals surface area (Å²) in [7, 11) is -24.0. The van der Waals surface area contributed by atoms with Crippen LogP contribution in [0, 0.1) is 0 Å². The first-order chi connectivity index (χ1) is 25.1. The van der Waals surface area contributed by atoms with Crippen LogP contribution in [0.1, 0.15) is 18.9 Å². The van der Waals surface area contributed by atoms with Crippen molar-refractivity contribution < 1.29 is 84.6 Å². The summed E-state index contributed by atoms with van der Waals surface area (Å²) in [5.41, 5.74) is 9.17. The van der Waals surface area contributed by atoms with Gasteiger partial charge in [0.1, 0.15) is 42.5 Å². The molecule has 11 atom stereocenters. The largest absolute Gasteiger partial charge is 0.490 e. The van der Waals surface area contributed by atoms with Crippen LogP contribution in [0.25, 0.3) is 22.3 Å². The van der Waals surface area contributed by atoms with Gasteiger partial charge in [-0.05, 0) is 0 Å². The number of aromatic nitrogens is 8. The van der Waals surface area contributed by atoms with Crippen LogP contribution in [0.4, 0.5) is 11.8 Å². The molecule has 2 fully saturated rings. The van der Waals surface area contributed by atoms with E-state index in [9.17, 15) is 62.7 Å². The minimum absolute atomic E-state index is 0.0200. The summed E-state index contributed by atoms with van der Waals surface area (Å²) in [4.78, 5) is 84.1. The fraction of sp³-hybridized carbons (Fsp3) is 0.500. The Morgan fingerprint density at radius 2 is 1.43 bits per heavy atom. The van der Waals surface area contributed by atoms with Gasteiger partial charge in [0, 0.05) is 6.42 Å². The zero-order chi connectivity index (χ0) is 39.5. The summed E-state index contributed by atoms with van der Waals surface area (Å²) in [5.74, 6) is -0.384. The molecule has 2 aliphatic rings. The number of phosphoric acid groups is 4. The molecule has 0 aromatic carbocycles. The number of H-pyrrole nitrogens is 2. The van der Waals surface area contributed by atoms with Gasteiger partial charge < -0.3 is 55.8 Å². The van der Waals surface area contributed by atoms with E-state index in [2.05, 4.69) is 51.9 Å². The molecule has 6 rings (SSSR count). The molecule has 0 saturated carbocycles. The number of hydrogen-bond acceptors (Lipinski definition) is 22. The lowest BCUT2D eigenvalue weighted by molar-refractivity contribution is -0.0503. The van der Waals surface area contributed by atoms with Crippen molar-refractivity contribution in [3.05, 3.63) is 33.5 Å². The number of ether oxygens (including phenoxy) is 2. The molecular formula is C20H28N10O20P4. The Balaban J connectivity index is 1.02. The maximum atomic E-state index is 12.5. The van der Waals surface area contributed by atoms with Crippen LogP contribution in [0.15, 0.2) is 22.2 Å². The number of aromatic amines is 2. The average molecular weight is 852 g/mol. The zero-order valence-corrected chi connectivity index (χ0v) is 30.0. The van der Waals surface area contributed by atoms with Crippen LogP contribution in [0.5, 0.6) is 0 Å². The Labute approximate surface area is 296 Å². The number of nitrogen functional groups attached to an aromatic ring is 2. The van der Waals surface area contributed by atoms with Gasteiger partial charge in [0.25, 0.3) is 5.56 Å². The lowest BCUT2D eigenvalue weighted by Crippen LogP contribution is -2.33. The van der Waals surface area contributed by atoms with Gasteiger partial charge in [-0.2, -0.15) is 17.9 Å². The van der Waals surface area contributed by atoms with Crippen molar-refractivity contribution in [1.82, 2.24) is 39.0 Å². The molecule has 4 aromatic heterocycles. The van der Waals surface area contributed by atoms with E-state index in [1.54, 1.807) is 0 Å². The van der Waals surface area contributed by atoms with Crippen LogP contribution in [-0.4, -0.2) is 118 Å². The van der Waals surface area contributed by atoms with Gasteiger partial charge in [-0.25, -0.2) is 42.6 Å². The number of phosphoric ester groups is 2. The van der Waals surface area contributed by atoms with Crippen LogP contribution in [0.3, 0.4) is 0 Å². The Morgan fingerprint density at radius 3 is 2.07 bits per heavy atom.